The monoisotopic (exact) mass is 281 g/mol. The van der Waals surface area contributed by atoms with Crippen molar-refractivity contribution in [3.8, 4) is 0 Å². The van der Waals surface area contributed by atoms with Gasteiger partial charge in [-0.3, -0.25) is 14.4 Å². The summed E-state index contributed by atoms with van der Waals surface area (Å²) in [6.45, 7) is 0.119. The van der Waals surface area contributed by atoms with E-state index in [-0.39, 0.29) is 18.5 Å². The van der Waals surface area contributed by atoms with Crippen molar-refractivity contribution in [2.45, 2.75) is 25.4 Å². The number of nitrogens with one attached hydrogen (secondary N) is 1. The molecule has 0 bridgehead atoms. The Morgan fingerprint density at radius 3 is 2.60 bits per heavy atom. The van der Waals surface area contributed by atoms with Crippen molar-refractivity contribution >= 4 is 17.8 Å². The third kappa shape index (κ3) is 4.92. The number of carboxylic acids is 1. The van der Waals surface area contributed by atoms with Crippen molar-refractivity contribution in [1.82, 2.24) is 9.88 Å². The van der Waals surface area contributed by atoms with Crippen LogP contribution < -0.4 is 16.6 Å². The molecule has 1 aromatic rings. The lowest BCUT2D eigenvalue weighted by molar-refractivity contribution is -0.143. The lowest BCUT2D eigenvalue weighted by Gasteiger charge is -2.13. The first-order chi connectivity index (χ1) is 9.40. The molecule has 0 spiro atoms. The van der Waals surface area contributed by atoms with Crippen molar-refractivity contribution in [3.05, 3.63) is 34.7 Å². The van der Waals surface area contributed by atoms with Gasteiger partial charge in [0.1, 0.15) is 6.04 Å². The van der Waals surface area contributed by atoms with Crippen LogP contribution in [0.3, 0.4) is 0 Å². The van der Waals surface area contributed by atoms with Gasteiger partial charge in [0.2, 0.25) is 11.8 Å². The third-order valence-corrected chi connectivity index (χ3v) is 2.52. The highest BCUT2D eigenvalue weighted by Crippen LogP contribution is 1.95. The number of nitrogens with two attached hydrogens (primary N) is 1. The van der Waals surface area contributed by atoms with Gasteiger partial charge < -0.3 is 20.7 Å². The zero-order chi connectivity index (χ0) is 15.1. The molecule has 8 nitrogen and oxygen atoms in total. The first-order valence-corrected chi connectivity index (χ1v) is 5.86. The Balaban J connectivity index is 2.54. The minimum atomic E-state index is -1.35. The predicted octanol–water partition coefficient (Wildman–Crippen LogP) is -1.32. The Kier molecular flexibility index (Phi) is 5.45. The van der Waals surface area contributed by atoms with E-state index in [0.29, 0.717) is 0 Å². The maximum atomic E-state index is 11.6. The maximum Gasteiger partial charge on any atom is 0.326 e. The molecule has 4 N–H and O–H groups in total. The van der Waals surface area contributed by atoms with E-state index in [1.165, 1.54) is 16.8 Å². The van der Waals surface area contributed by atoms with Crippen LogP contribution in [0.2, 0.25) is 0 Å². The van der Waals surface area contributed by atoms with Crippen molar-refractivity contribution in [3.63, 3.8) is 0 Å². The van der Waals surface area contributed by atoms with Gasteiger partial charge in [0.25, 0.3) is 5.56 Å². The van der Waals surface area contributed by atoms with Gasteiger partial charge in [-0.2, -0.15) is 0 Å². The number of carbonyl (C=O) groups excluding carboxylic acids is 2. The summed E-state index contributed by atoms with van der Waals surface area (Å²) in [6.07, 6.45) is 0.965. The summed E-state index contributed by atoms with van der Waals surface area (Å²) < 4.78 is 1.32. The largest absolute Gasteiger partial charge is 0.480 e. The first kappa shape index (κ1) is 15.4. The highest BCUT2D eigenvalue weighted by atomic mass is 16.4. The summed E-state index contributed by atoms with van der Waals surface area (Å²) in [5, 5.41) is 11.0. The van der Waals surface area contributed by atoms with Crippen LogP contribution in [-0.2, 0) is 20.9 Å². The van der Waals surface area contributed by atoms with Gasteiger partial charge in [-0.25, -0.2) is 4.79 Å². The standard InChI is InChI=1S/C12H15N3O5/c13-9(16)7-8(12(19)20)14-10(17)4-6-15-5-2-1-3-11(15)18/h1-3,5,8H,4,6-7H2,(H2,13,16)(H,14,17)(H,19,20)/t8-/m0/s1. The minimum absolute atomic E-state index is 0.0769. The number of primary amides is 1. The van der Waals surface area contributed by atoms with Crippen LogP contribution in [0.25, 0.3) is 0 Å². The molecular weight excluding hydrogens is 266 g/mol. The van der Waals surface area contributed by atoms with Crippen LogP contribution in [0.15, 0.2) is 29.2 Å². The van der Waals surface area contributed by atoms with Gasteiger partial charge in [0.05, 0.1) is 6.42 Å². The van der Waals surface area contributed by atoms with Crippen LogP contribution in [0.5, 0.6) is 0 Å². The van der Waals surface area contributed by atoms with E-state index < -0.39 is 30.2 Å². The summed E-state index contributed by atoms with van der Waals surface area (Å²) >= 11 is 0. The molecule has 0 aliphatic carbocycles. The van der Waals surface area contributed by atoms with Gasteiger partial charge in [-0.15, -0.1) is 0 Å². The molecule has 8 heteroatoms. The second-order valence-electron chi connectivity index (χ2n) is 4.11. The summed E-state index contributed by atoms with van der Waals surface area (Å²) in [4.78, 5) is 44.5. The van der Waals surface area contributed by atoms with Crippen LogP contribution >= 0.6 is 0 Å². The number of nitrogens with zero attached hydrogens (tertiary/aromatic N) is 1. The Labute approximate surface area is 114 Å². The highest BCUT2D eigenvalue weighted by molar-refractivity contribution is 5.88. The molecule has 0 saturated carbocycles. The number of aliphatic carboxylic acids is 1. The fourth-order valence-electron chi connectivity index (χ4n) is 1.54. The third-order valence-electron chi connectivity index (χ3n) is 2.52. The Morgan fingerprint density at radius 1 is 1.35 bits per heavy atom. The number of hydrogen-bond acceptors (Lipinski definition) is 4. The molecule has 1 atom stereocenters. The van der Waals surface area contributed by atoms with Crippen LogP contribution in [-0.4, -0.2) is 33.5 Å². The number of pyridine rings is 1. The van der Waals surface area contributed by atoms with Gasteiger partial charge in [0.15, 0.2) is 0 Å². The molecular formula is C12H15N3O5. The normalized spacial score (nSPS) is 11.6. The molecule has 0 fully saturated rings. The lowest BCUT2D eigenvalue weighted by Crippen LogP contribution is -2.43. The van der Waals surface area contributed by atoms with E-state index in [0.717, 1.165) is 0 Å². The van der Waals surface area contributed by atoms with Gasteiger partial charge >= 0.3 is 5.97 Å². The average Bonchev–Trinajstić information content (AvgIpc) is 2.36. The Morgan fingerprint density at radius 2 is 2.05 bits per heavy atom. The molecule has 108 valence electrons. The van der Waals surface area contributed by atoms with E-state index >= 15 is 0 Å². The quantitative estimate of drug-likeness (QED) is 0.570. The average molecular weight is 281 g/mol. The summed E-state index contributed by atoms with van der Waals surface area (Å²) in [5.74, 6) is -2.74. The van der Waals surface area contributed by atoms with Gasteiger partial charge in [-0.05, 0) is 6.07 Å². The topological polar surface area (TPSA) is 131 Å². The molecule has 1 heterocycles. The molecule has 1 aromatic heterocycles. The number of aromatic nitrogens is 1. The van der Waals surface area contributed by atoms with Gasteiger partial charge in [0, 0.05) is 25.2 Å². The van der Waals surface area contributed by atoms with E-state index in [2.05, 4.69) is 5.32 Å². The zero-order valence-corrected chi connectivity index (χ0v) is 10.6. The Hall–Kier alpha value is -2.64. The van der Waals surface area contributed by atoms with E-state index in [4.69, 9.17) is 10.8 Å². The second kappa shape index (κ2) is 7.07. The summed E-state index contributed by atoms with van der Waals surface area (Å²) in [5.41, 5.74) is 4.64. The molecule has 0 aliphatic heterocycles. The van der Waals surface area contributed by atoms with Crippen LogP contribution in [0, 0.1) is 0 Å². The smallest absolute Gasteiger partial charge is 0.326 e. The van der Waals surface area contributed by atoms with Crippen LogP contribution in [0.1, 0.15) is 12.8 Å². The predicted molar refractivity (Wildman–Crippen MR) is 68.7 cm³/mol. The molecule has 0 aromatic carbocycles. The van der Waals surface area contributed by atoms with Crippen molar-refractivity contribution in [2.75, 3.05) is 0 Å². The van der Waals surface area contributed by atoms with E-state index in [1.54, 1.807) is 12.1 Å². The number of carbonyl (C=O) groups is 3. The summed E-state index contributed by atoms with van der Waals surface area (Å²) in [6, 6.07) is 3.22. The van der Waals surface area contributed by atoms with E-state index in [9.17, 15) is 19.2 Å². The molecule has 0 unspecified atom stereocenters. The van der Waals surface area contributed by atoms with Crippen molar-refractivity contribution in [1.29, 1.82) is 0 Å². The fraction of sp³-hybridized carbons (Fsp3) is 0.333. The van der Waals surface area contributed by atoms with Crippen LogP contribution in [0.4, 0.5) is 0 Å². The number of aryl methyl sites for hydroxylation is 1. The highest BCUT2D eigenvalue weighted by Gasteiger charge is 2.21. The molecule has 0 aliphatic rings. The van der Waals surface area contributed by atoms with E-state index in [1.807, 2.05) is 0 Å². The number of amides is 2. The maximum absolute atomic E-state index is 11.6. The molecule has 0 saturated heterocycles. The molecule has 1 rings (SSSR count). The molecule has 20 heavy (non-hydrogen) atoms. The number of carboxylic acid groups (broad SMARTS) is 1. The van der Waals surface area contributed by atoms with Crippen molar-refractivity contribution in [2.24, 2.45) is 5.73 Å². The summed E-state index contributed by atoms with van der Waals surface area (Å²) in [7, 11) is 0. The molecule has 2 amide bonds. The molecule has 0 radical (unpaired) electrons. The Bertz CT molecular complexity index is 566. The number of hydrogen-bond donors (Lipinski definition) is 3. The lowest BCUT2D eigenvalue weighted by atomic mass is 10.2. The number of rotatable bonds is 7. The zero-order valence-electron chi connectivity index (χ0n) is 10.6. The van der Waals surface area contributed by atoms with Crippen molar-refractivity contribution < 1.29 is 19.5 Å². The first-order valence-electron chi connectivity index (χ1n) is 5.86. The van der Waals surface area contributed by atoms with Gasteiger partial charge in [-0.1, -0.05) is 6.07 Å². The fourth-order valence-corrected chi connectivity index (χ4v) is 1.54. The second-order valence-corrected chi connectivity index (χ2v) is 4.11. The minimum Gasteiger partial charge on any atom is -0.480 e. The SMILES string of the molecule is NC(=O)C[C@H](NC(=O)CCn1ccccc1=O)C(=O)O.